The first-order valence-corrected chi connectivity index (χ1v) is 11.1. The monoisotopic (exact) mass is 421 g/mol. The fourth-order valence-corrected chi connectivity index (χ4v) is 5.00. The van der Waals surface area contributed by atoms with E-state index in [1.54, 1.807) is 28.4 Å². The van der Waals surface area contributed by atoms with Gasteiger partial charge >= 0.3 is 0 Å². The number of rotatable bonds is 7. The molecule has 2 aromatic heterocycles. The number of fused-ring (bicyclic) bond motifs is 1. The Kier molecular flexibility index (Phi) is 6.52. The molecule has 3 rings (SSSR count). The highest BCUT2D eigenvalue weighted by Gasteiger charge is 2.23. The predicted octanol–water partition coefficient (Wildman–Crippen LogP) is 5.62. The standard InChI is InChI=1S/C20H24ClN3OS2/c1-5-23(6-2)11-12-24(19(25)16-9-10-17(21)26-16)20-22-18-14(4)13(3)7-8-15(18)27-20/h7-10H,5-6,11-12H2,1-4H3. The number of halogens is 1. The van der Waals surface area contributed by atoms with Crippen molar-refractivity contribution in [2.24, 2.45) is 0 Å². The Hall–Kier alpha value is -1.47. The lowest BCUT2D eigenvalue weighted by molar-refractivity contribution is 0.0987. The van der Waals surface area contributed by atoms with Crippen LogP contribution in [0.15, 0.2) is 24.3 Å². The Morgan fingerprint density at radius 1 is 1.07 bits per heavy atom. The Labute approximate surface area is 173 Å². The van der Waals surface area contributed by atoms with E-state index in [4.69, 9.17) is 16.6 Å². The number of hydrogen-bond acceptors (Lipinski definition) is 5. The van der Waals surface area contributed by atoms with Gasteiger partial charge in [-0.25, -0.2) is 4.98 Å². The molecule has 0 aliphatic rings. The second-order valence-corrected chi connectivity index (χ2v) is 9.16. The van der Waals surface area contributed by atoms with Gasteiger partial charge in [-0.1, -0.05) is 42.9 Å². The van der Waals surface area contributed by atoms with E-state index in [9.17, 15) is 4.79 Å². The third kappa shape index (κ3) is 4.35. The molecule has 0 atom stereocenters. The molecule has 3 aromatic rings. The summed E-state index contributed by atoms with van der Waals surface area (Å²) in [7, 11) is 0. The van der Waals surface area contributed by atoms with Crippen LogP contribution < -0.4 is 4.90 Å². The third-order valence-corrected chi connectivity index (χ3v) is 7.13. The first-order valence-electron chi connectivity index (χ1n) is 9.10. The topological polar surface area (TPSA) is 36.4 Å². The van der Waals surface area contributed by atoms with Crippen LogP contribution in [0.25, 0.3) is 10.2 Å². The van der Waals surface area contributed by atoms with E-state index in [-0.39, 0.29) is 5.91 Å². The van der Waals surface area contributed by atoms with Gasteiger partial charge in [-0.15, -0.1) is 11.3 Å². The quantitative estimate of drug-likeness (QED) is 0.497. The van der Waals surface area contributed by atoms with Crippen LogP contribution in [0.4, 0.5) is 5.13 Å². The van der Waals surface area contributed by atoms with Crippen LogP contribution in [-0.4, -0.2) is 42.0 Å². The number of likely N-dealkylation sites (N-methyl/N-ethyl adjacent to an activating group) is 1. The number of thiazole rings is 1. The largest absolute Gasteiger partial charge is 0.302 e. The second kappa shape index (κ2) is 8.69. The van der Waals surface area contributed by atoms with Crippen molar-refractivity contribution in [3.63, 3.8) is 0 Å². The molecule has 27 heavy (non-hydrogen) atoms. The summed E-state index contributed by atoms with van der Waals surface area (Å²) in [6, 6.07) is 7.77. The van der Waals surface area contributed by atoms with Crippen molar-refractivity contribution in [3.8, 4) is 0 Å². The minimum absolute atomic E-state index is 0.0347. The molecule has 1 aromatic carbocycles. The summed E-state index contributed by atoms with van der Waals surface area (Å²) in [6.45, 7) is 11.8. The van der Waals surface area contributed by atoms with Crippen molar-refractivity contribution in [2.75, 3.05) is 31.1 Å². The summed E-state index contributed by atoms with van der Waals surface area (Å²) in [5.74, 6) is -0.0347. The van der Waals surface area contributed by atoms with E-state index >= 15 is 0 Å². The van der Waals surface area contributed by atoms with E-state index in [0.717, 1.165) is 35.0 Å². The molecular formula is C20H24ClN3OS2. The van der Waals surface area contributed by atoms with E-state index < -0.39 is 0 Å². The van der Waals surface area contributed by atoms with Crippen molar-refractivity contribution in [3.05, 3.63) is 44.6 Å². The zero-order valence-corrected chi connectivity index (χ0v) is 18.5. The molecule has 1 amide bonds. The Bertz CT molecular complexity index is 946. The van der Waals surface area contributed by atoms with Gasteiger partial charge < -0.3 is 4.90 Å². The van der Waals surface area contributed by atoms with E-state index in [1.165, 1.54) is 22.5 Å². The molecule has 0 bridgehead atoms. The number of aromatic nitrogens is 1. The highest BCUT2D eigenvalue weighted by Crippen LogP contribution is 2.33. The Morgan fingerprint density at radius 3 is 2.44 bits per heavy atom. The maximum absolute atomic E-state index is 13.2. The van der Waals surface area contributed by atoms with Crippen molar-refractivity contribution >= 4 is 55.5 Å². The van der Waals surface area contributed by atoms with Gasteiger partial charge in [-0.2, -0.15) is 0 Å². The van der Waals surface area contributed by atoms with Gasteiger partial charge in [0.1, 0.15) is 0 Å². The zero-order chi connectivity index (χ0) is 19.6. The molecule has 0 aliphatic heterocycles. The van der Waals surface area contributed by atoms with Gasteiger partial charge in [0.2, 0.25) is 0 Å². The van der Waals surface area contributed by atoms with E-state index in [0.29, 0.717) is 15.8 Å². The van der Waals surface area contributed by atoms with Gasteiger partial charge in [-0.05, 0) is 56.3 Å². The lowest BCUT2D eigenvalue weighted by Crippen LogP contribution is -2.38. The Morgan fingerprint density at radius 2 is 1.81 bits per heavy atom. The van der Waals surface area contributed by atoms with Gasteiger partial charge in [0.25, 0.3) is 5.91 Å². The highest BCUT2D eigenvalue weighted by atomic mass is 35.5. The summed E-state index contributed by atoms with van der Waals surface area (Å²) in [5, 5.41) is 0.750. The minimum Gasteiger partial charge on any atom is -0.302 e. The molecule has 0 spiro atoms. The molecule has 0 aliphatic carbocycles. The lowest BCUT2D eigenvalue weighted by atomic mass is 10.1. The maximum atomic E-state index is 13.2. The summed E-state index contributed by atoms with van der Waals surface area (Å²) >= 11 is 8.94. The van der Waals surface area contributed by atoms with Crippen LogP contribution in [0.1, 0.15) is 34.6 Å². The summed E-state index contributed by atoms with van der Waals surface area (Å²) < 4.78 is 1.73. The number of carbonyl (C=O) groups is 1. The SMILES string of the molecule is CCN(CC)CCN(C(=O)c1ccc(Cl)s1)c1nc2c(C)c(C)ccc2s1. The number of thiophene rings is 1. The number of hydrogen-bond donors (Lipinski definition) is 0. The first-order chi connectivity index (χ1) is 12.9. The summed E-state index contributed by atoms with van der Waals surface area (Å²) in [6.07, 6.45) is 0. The molecule has 0 N–H and O–H groups in total. The average molecular weight is 422 g/mol. The Balaban J connectivity index is 1.98. The minimum atomic E-state index is -0.0347. The van der Waals surface area contributed by atoms with Gasteiger partial charge in [0.15, 0.2) is 5.13 Å². The number of nitrogens with zero attached hydrogens (tertiary/aromatic N) is 3. The first kappa shape index (κ1) is 20.3. The maximum Gasteiger partial charge on any atom is 0.270 e. The normalized spacial score (nSPS) is 11.5. The number of amides is 1. The van der Waals surface area contributed by atoms with Crippen LogP contribution >= 0.6 is 34.3 Å². The van der Waals surface area contributed by atoms with Crippen LogP contribution in [0.3, 0.4) is 0 Å². The molecule has 0 saturated carbocycles. The van der Waals surface area contributed by atoms with Crippen molar-refractivity contribution < 1.29 is 4.79 Å². The van der Waals surface area contributed by atoms with Crippen LogP contribution in [0, 0.1) is 13.8 Å². The molecule has 0 fully saturated rings. The van der Waals surface area contributed by atoms with Crippen molar-refractivity contribution in [2.45, 2.75) is 27.7 Å². The highest BCUT2D eigenvalue weighted by molar-refractivity contribution is 7.22. The zero-order valence-electron chi connectivity index (χ0n) is 16.1. The summed E-state index contributed by atoms with van der Waals surface area (Å²) in [4.78, 5) is 22.8. The molecule has 0 saturated heterocycles. The van der Waals surface area contributed by atoms with Crippen LogP contribution in [-0.2, 0) is 0 Å². The van der Waals surface area contributed by atoms with E-state index in [1.807, 2.05) is 0 Å². The van der Waals surface area contributed by atoms with Gasteiger partial charge in [-0.3, -0.25) is 9.69 Å². The number of anilines is 1. The van der Waals surface area contributed by atoms with Crippen molar-refractivity contribution in [1.29, 1.82) is 0 Å². The van der Waals surface area contributed by atoms with Crippen molar-refractivity contribution in [1.82, 2.24) is 9.88 Å². The number of aryl methyl sites for hydroxylation is 2. The average Bonchev–Trinajstić information content (AvgIpc) is 3.28. The van der Waals surface area contributed by atoms with E-state index in [2.05, 4.69) is 44.7 Å². The molecule has 0 radical (unpaired) electrons. The molecule has 7 heteroatoms. The number of carbonyl (C=O) groups excluding carboxylic acids is 1. The molecule has 0 unspecified atom stereocenters. The van der Waals surface area contributed by atoms with Gasteiger partial charge in [0.05, 0.1) is 19.4 Å². The molecule has 2 heterocycles. The predicted molar refractivity (Wildman–Crippen MR) is 118 cm³/mol. The van der Waals surface area contributed by atoms with Crippen LogP contribution in [0.2, 0.25) is 4.34 Å². The molecule has 144 valence electrons. The smallest absolute Gasteiger partial charge is 0.270 e. The molecule has 4 nitrogen and oxygen atoms in total. The second-order valence-electron chi connectivity index (χ2n) is 6.44. The fraction of sp³-hybridized carbons (Fsp3) is 0.400. The third-order valence-electron chi connectivity index (χ3n) is 4.87. The molecular weight excluding hydrogens is 398 g/mol. The van der Waals surface area contributed by atoms with Crippen LogP contribution in [0.5, 0.6) is 0 Å². The summed E-state index contributed by atoms with van der Waals surface area (Å²) in [5.41, 5.74) is 3.37. The lowest BCUT2D eigenvalue weighted by Gasteiger charge is -2.24. The fourth-order valence-electron chi connectivity index (χ4n) is 2.96. The number of benzene rings is 1. The van der Waals surface area contributed by atoms with Gasteiger partial charge in [0, 0.05) is 13.1 Å².